The Morgan fingerprint density at radius 1 is 1.47 bits per heavy atom. The molecule has 1 heterocycles. The summed E-state index contributed by atoms with van der Waals surface area (Å²) in [5, 5.41) is 11.4. The molecule has 0 atom stereocenters. The fourth-order valence-electron chi connectivity index (χ4n) is 2.05. The summed E-state index contributed by atoms with van der Waals surface area (Å²) in [6.45, 7) is 7.29. The van der Waals surface area contributed by atoms with Crippen molar-refractivity contribution in [2.75, 3.05) is 26.2 Å². The van der Waals surface area contributed by atoms with E-state index in [1.54, 1.807) is 0 Å². The van der Waals surface area contributed by atoms with Gasteiger partial charge in [-0.2, -0.15) is 0 Å². The molecular formula is C11H22N2O2. The lowest BCUT2D eigenvalue weighted by Crippen LogP contribution is -2.46. The number of hydrogen-bond donors (Lipinski definition) is 2. The van der Waals surface area contributed by atoms with Gasteiger partial charge in [0, 0.05) is 25.7 Å². The van der Waals surface area contributed by atoms with Gasteiger partial charge in [-0.1, -0.05) is 13.8 Å². The Morgan fingerprint density at radius 2 is 2.07 bits per heavy atom. The molecule has 0 aromatic heterocycles. The van der Waals surface area contributed by atoms with Crippen LogP contribution < -0.4 is 5.32 Å². The van der Waals surface area contributed by atoms with Crippen LogP contribution in [0.1, 0.15) is 26.7 Å². The molecule has 0 aromatic rings. The minimum absolute atomic E-state index is 0.252. The van der Waals surface area contributed by atoms with Crippen molar-refractivity contribution >= 4 is 5.91 Å². The Labute approximate surface area is 91.6 Å². The number of hydrogen-bond acceptors (Lipinski definition) is 3. The van der Waals surface area contributed by atoms with Gasteiger partial charge < -0.3 is 15.3 Å². The van der Waals surface area contributed by atoms with E-state index in [-0.39, 0.29) is 11.9 Å². The summed E-state index contributed by atoms with van der Waals surface area (Å²) in [6, 6.07) is 0.257. The molecule has 0 spiro atoms. The minimum Gasteiger partial charge on any atom is -0.387 e. The van der Waals surface area contributed by atoms with Gasteiger partial charge in [-0.25, -0.2) is 0 Å². The average Bonchev–Trinajstić information content (AvgIpc) is 2.20. The number of rotatable bonds is 4. The van der Waals surface area contributed by atoms with Gasteiger partial charge in [0.1, 0.15) is 6.61 Å². The molecule has 2 N–H and O–H groups in total. The number of aliphatic hydroxyl groups is 1. The molecule has 0 aliphatic carbocycles. The van der Waals surface area contributed by atoms with Crippen molar-refractivity contribution in [2.45, 2.75) is 32.7 Å². The van der Waals surface area contributed by atoms with Crippen molar-refractivity contribution in [1.82, 2.24) is 10.2 Å². The number of aliphatic hydroxyl groups excluding tert-OH is 1. The summed E-state index contributed by atoms with van der Waals surface area (Å²) >= 11 is 0. The minimum atomic E-state index is -0.397. The highest BCUT2D eigenvalue weighted by molar-refractivity contribution is 5.77. The molecule has 0 radical (unpaired) electrons. The summed E-state index contributed by atoms with van der Waals surface area (Å²) in [4.78, 5) is 13.4. The van der Waals surface area contributed by atoms with Gasteiger partial charge in [0.25, 0.3) is 0 Å². The normalized spacial score (nSPS) is 19.5. The van der Waals surface area contributed by atoms with E-state index < -0.39 is 6.61 Å². The zero-order chi connectivity index (χ0) is 11.3. The van der Waals surface area contributed by atoms with E-state index in [4.69, 9.17) is 5.11 Å². The topological polar surface area (TPSA) is 52.6 Å². The summed E-state index contributed by atoms with van der Waals surface area (Å²) in [5.74, 6) is 0.450. The largest absolute Gasteiger partial charge is 0.387 e. The first-order valence-corrected chi connectivity index (χ1v) is 5.74. The molecule has 4 nitrogen and oxygen atoms in total. The smallest absolute Gasteiger partial charge is 0.245 e. The monoisotopic (exact) mass is 214 g/mol. The molecule has 1 saturated heterocycles. The standard InChI is InChI=1S/C11H22N2O2/c1-9(2)7-13-5-3-10(4-6-13)12-11(15)8-14/h9-10,14H,3-8H2,1-2H3,(H,12,15). The lowest BCUT2D eigenvalue weighted by molar-refractivity contribution is -0.124. The van der Waals surface area contributed by atoms with Crippen molar-refractivity contribution < 1.29 is 9.90 Å². The molecule has 1 fully saturated rings. The molecule has 0 bridgehead atoms. The maximum Gasteiger partial charge on any atom is 0.245 e. The Morgan fingerprint density at radius 3 is 2.53 bits per heavy atom. The van der Waals surface area contributed by atoms with Crippen molar-refractivity contribution in [2.24, 2.45) is 5.92 Å². The second kappa shape index (κ2) is 6.08. The highest BCUT2D eigenvalue weighted by Crippen LogP contribution is 2.11. The van der Waals surface area contributed by atoms with Gasteiger partial charge in [0.05, 0.1) is 0 Å². The second-order valence-corrected chi connectivity index (χ2v) is 4.69. The highest BCUT2D eigenvalue weighted by Gasteiger charge is 2.20. The first kappa shape index (κ1) is 12.5. The summed E-state index contributed by atoms with van der Waals surface area (Å²) in [5.41, 5.74) is 0. The average molecular weight is 214 g/mol. The van der Waals surface area contributed by atoms with Crippen LogP contribution in [0.25, 0.3) is 0 Å². The maximum atomic E-state index is 11.0. The number of nitrogens with zero attached hydrogens (tertiary/aromatic N) is 1. The van der Waals surface area contributed by atoms with Gasteiger partial charge in [-0.15, -0.1) is 0 Å². The van der Waals surface area contributed by atoms with Gasteiger partial charge in [0.15, 0.2) is 0 Å². The molecule has 1 amide bonds. The lowest BCUT2D eigenvalue weighted by atomic mass is 10.0. The zero-order valence-electron chi connectivity index (χ0n) is 9.70. The van der Waals surface area contributed by atoms with Gasteiger partial charge in [-0.3, -0.25) is 4.79 Å². The van der Waals surface area contributed by atoms with E-state index in [2.05, 4.69) is 24.1 Å². The van der Waals surface area contributed by atoms with Crippen LogP contribution in [0.3, 0.4) is 0 Å². The van der Waals surface area contributed by atoms with E-state index in [0.29, 0.717) is 5.92 Å². The number of carbonyl (C=O) groups is 1. The molecule has 1 aliphatic rings. The molecular weight excluding hydrogens is 192 g/mol. The predicted molar refractivity (Wildman–Crippen MR) is 59.5 cm³/mol. The number of carbonyl (C=O) groups excluding carboxylic acids is 1. The van der Waals surface area contributed by atoms with Gasteiger partial charge in [-0.05, 0) is 18.8 Å². The molecule has 15 heavy (non-hydrogen) atoms. The van der Waals surface area contributed by atoms with Crippen molar-refractivity contribution in [3.05, 3.63) is 0 Å². The molecule has 0 aromatic carbocycles. The van der Waals surface area contributed by atoms with E-state index in [0.717, 1.165) is 32.5 Å². The Balaban J connectivity index is 2.20. The SMILES string of the molecule is CC(C)CN1CCC(NC(=O)CO)CC1. The Kier molecular flexibility index (Phi) is 5.05. The third-order valence-corrected chi connectivity index (χ3v) is 2.72. The Hall–Kier alpha value is -0.610. The maximum absolute atomic E-state index is 11.0. The molecule has 0 saturated carbocycles. The van der Waals surface area contributed by atoms with Crippen LogP contribution in [0.4, 0.5) is 0 Å². The summed E-state index contributed by atoms with van der Waals surface area (Å²) in [6.07, 6.45) is 2.00. The van der Waals surface area contributed by atoms with Crippen LogP contribution in [0.15, 0.2) is 0 Å². The molecule has 1 rings (SSSR count). The van der Waals surface area contributed by atoms with E-state index in [1.807, 2.05) is 0 Å². The van der Waals surface area contributed by atoms with E-state index in [1.165, 1.54) is 0 Å². The van der Waals surface area contributed by atoms with Crippen LogP contribution in [-0.4, -0.2) is 48.2 Å². The number of piperidine rings is 1. The molecule has 1 aliphatic heterocycles. The highest BCUT2D eigenvalue weighted by atomic mass is 16.3. The van der Waals surface area contributed by atoms with Crippen molar-refractivity contribution in [3.63, 3.8) is 0 Å². The first-order chi connectivity index (χ1) is 7.11. The third-order valence-electron chi connectivity index (χ3n) is 2.72. The number of likely N-dealkylation sites (tertiary alicyclic amines) is 1. The van der Waals surface area contributed by atoms with Crippen LogP contribution in [-0.2, 0) is 4.79 Å². The van der Waals surface area contributed by atoms with Crippen LogP contribution >= 0.6 is 0 Å². The molecule has 88 valence electrons. The fraction of sp³-hybridized carbons (Fsp3) is 0.909. The van der Waals surface area contributed by atoms with Crippen LogP contribution in [0.5, 0.6) is 0 Å². The van der Waals surface area contributed by atoms with E-state index in [9.17, 15) is 4.79 Å². The fourth-order valence-corrected chi connectivity index (χ4v) is 2.05. The van der Waals surface area contributed by atoms with Gasteiger partial charge >= 0.3 is 0 Å². The molecule has 0 unspecified atom stereocenters. The second-order valence-electron chi connectivity index (χ2n) is 4.69. The zero-order valence-corrected chi connectivity index (χ0v) is 9.70. The molecule has 4 heteroatoms. The first-order valence-electron chi connectivity index (χ1n) is 5.74. The number of nitrogens with one attached hydrogen (secondary N) is 1. The van der Waals surface area contributed by atoms with Crippen molar-refractivity contribution in [1.29, 1.82) is 0 Å². The predicted octanol–water partition coefficient (Wildman–Crippen LogP) is 0.215. The third kappa shape index (κ3) is 4.62. The Bertz CT molecular complexity index is 199. The summed E-state index contributed by atoms with van der Waals surface area (Å²) < 4.78 is 0. The quantitative estimate of drug-likeness (QED) is 0.703. The summed E-state index contributed by atoms with van der Waals surface area (Å²) in [7, 11) is 0. The van der Waals surface area contributed by atoms with Crippen LogP contribution in [0, 0.1) is 5.92 Å². The number of amides is 1. The van der Waals surface area contributed by atoms with Crippen molar-refractivity contribution in [3.8, 4) is 0 Å². The lowest BCUT2D eigenvalue weighted by Gasteiger charge is -2.33. The van der Waals surface area contributed by atoms with Gasteiger partial charge in [0.2, 0.25) is 5.91 Å². The van der Waals surface area contributed by atoms with E-state index >= 15 is 0 Å². The van der Waals surface area contributed by atoms with Crippen LogP contribution in [0.2, 0.25) is 0 Å².